The van der Waals surface area contributed by atoms with Gasteiger partial charge in [-0.15, -0.1) is 0 Å². The van der Waals surface area contributed by atoms with Crippen LogP contribution in [0, 0.1) is 12.3 Å². The summed E-state index contributed by atoms with van der Waals surface area (Å²) in [6.45, 7) is 9.75. The summed E-state index contributed by atoms with van der Waals surface area (Å²) in [4.78, 5) is 34.3. The zero-order chi connectivity index (χ0) is 27.3. The summed E-state index contributed by atoms with van der Waals surface area (Å²) in [5.74, 6) is 0.606. The zero-order valence-electron chi connectivity index (χ0n) is 22.5. The molecule has 0 unspecified atom stereocenters. The molecule has 0 aliphatic rings. The van der Waals surface area contributed by atoms with Crippen LogP contribution in [0.25, 0.3) is 50.4 Å². The highest BCUT2D eigenvalue weighted by Crippen LogP contribution is 2.32. The second kappa shape index (κ2) is 9.16. The number of fused-ring (bicyclic) bond motifs is 2. The summed E-state index contributed by atoms with van der Waals surface area (Å²) in [5.41, 5.74) is 7.92. The standard InChI is InChI=1S/C29H29N9O/c1-6-17-7-18(9-20(8-17)33-28(39)29(3,4)5)19-10-21-24(36-37-26(21)31-11-19)27-34-22-12-30-13-23(25(22)35-27)38-14-16(2)32-15-38/h7-15H,6H2,1-5H3,(H,33,39)(H,34,35)(H,31,36,37). The quantitative estimate of drug-likeness (QED) is 0.272. The molecule has 0 bridgehead atoms. The fourth-order valence-corrected chi connectivity index (χ4v) is 4.47. The highest BCUT2D eigenvalue weighted by Gasteiger charge is 2.22. The van der Waals surface area contributed by atoms with Gasteiger partial charge in [0.25, 0.3) is 0 Å². The maximum atomic E-state index is 12.7. The topological polar surface area (TPSA) is 130 Å². The summed E-state index contributed by atoms with van der Waals surface area (Å²) >= 11 is 0. The molecule has 0 spiro atoms. The molecule has 0 aliphatic carbocycles. The van der Waals surface area contributed by atoms with Crippen LogP contribution in [0.1, 0.15) is 39.0 Å². The summed E-state index contributed by atoms with van der Waals surface area (Å²) in [5, 5.41) is 11.4. The lowest BCUT2D eigenvalue weighted by Crippen LogP contribution is -2.27. The van der Waals surface area contributed by atoms with Crippen molar-refractivity contribution in [3.63, 3.8) is 0 Å². The molecular weight excluding hydrogens is 490 g/mol. The van der Waals surface area contributed by atoms with E-state index >= 15 is 0 Å². The first-order valence-corrected chi connectivity index (χ1v) is 12.8. The average Bonchev–Trinajstić information content (AvgIpc) is 3.64. The normalized spacial score (nSPS) is 11.9. The molecule has 10 heteroatoms. The predicted octanol–water partition coefficient (Wildman–Crippen LogP) is 5.60. The first-order valence-electron chi connectivity index (χ1n) is 12.8. The third-order valence-corrected chi connectivity index (χ3v) is 6.68. The van der Waals surface area contributed by atoms with E-state index in [4.69, 9.17) is 4.98 Å². The van der Waals surface area contributed by atoms with E-state index < -0.39 is 5.41 Å². The van der Waals surface area contributed by atoms with Crippen molar-refractivity contribution < 1.29 is 4.79 Å². The zero-order valence-corrected chi connectivity index (χ0v) is 22.5. The molecule has 10 nitrogen and oxygen atoms in total. The predicted molar refractivity (Wildman–Crippen MR) is 152 cm³/mol. The van der Waals surface area contributed by atoms with Crippen LogP contribution in [0.15, 0.2) is 55.4 Å². The Morgan fingerprint density at radius 2 is 1.90 bits per heavy atom. The Labute approximate surface area is 225 Å². The Morgan fingerprint density at radius 1 is 1.05 bits per heavy atom. The van der Waals surface area contributed by atoms with Gasteiger partial charge in [0, 0.05) is 29.1 Å². The Balaban J connectivity index is 1.43. The third kappa shape index (κ3) is 4.54. The largest absolute Gasteiger partial charge is 0.335 e. The summed E-state index contributed by atoms with van der Waals surface area (Å²) < 4.78 is 1.91. The number of hydrogen-bond acceptors (Lipinski definition) is 6. The van der Waals surface area contributed by atoms with Crippen molar-refractivity contribution in [2.75, 3.05) is 5.32 Å². The highest BCUT2D eigenvalue weighted by atomic mass is 16.2. The number of carbonyl (C=O) groups excluding carboxylic acids is 1. The van der Waals surface area contributed by atoms with Gasteiger partial charge in [-0.05, 0) is 42.7 Å². The maximum absolute atomic E-state index is 12.7. The molecule has 39 heavy (non-hydrogen) atoms. The highest BCUT2D eigenvalue weighted by molar-refractivity contribution is 5.97. The number of aromatic nitrogens is 8. The minimum absolute atomic E-state index is 0.0306. The number of rotatable bonds is 5. The molecule has 6 aromatic rings. The Kier molecular flexibility index (Phi) is 5.75. The maximum Gasteiger partial charge on any atom is 0.229 e. The van der Waals surface area contributed by atoms with Gasteiger partial charge in [-0.1, -0.05) is 33.8 Å². The van der Waals surface area contributed by atoms with Crippen molar-refractivity contribution >= 4 is 33.7 Å². The van der Waals surface area contributed by atoms with E-state index in [0.29, 0.717) is 11.5 Å². The van der Waals surface area contributed by atoms with Gasteiger partial charge in [0.05, 0.1) is 41.0 Å². The number of nitrogens with one attached hydrogen (secondary N) is 3. The van der Waals surface area contributed by atoms with Gasteiger partial charge in [0.2, 0.25) is 5.91 Å². The summed E-state index contributed by atoms with van der Waals surface area (Å²) in [6.07, 6.45) is 9.87. The van der Waals surface area contributed by atoms with Gasteiger partial charge in [-0.3, -0.25) is 14.9 Å². The third-order valence-electron chi connectivity index (χ3n) is 6.68. The van der Waals surface area contributed by atoms with Gasteiger partial charge in [0.1, 0.15) is 11.2 Å². The lowest BCUT2D eigenvalue weighted by molar-refractivity contribution is -0.123. The van der Waals surface area contributed by atoms with Gasteiger partial charge >= 0.3 is 0 Å². The van der Waals surface area contributed by atoms with Gasteiger partial charge < -0.3 is 14.9 Å². The van der Waals surface area contributed by atoms with E-state index in [1.165, 1.54) is 0 Å². The fourth-order valence-electron chi connectivity index (χ4n) is 4.47. The Hall–Kier alpha value is -4.86. The second-order valence-electron chi connectivity index (χ2n) is 10.7. The molecule has 0 radical (unpaired) electrons. The first-order chi connectivity index (χ1) is 18.7. The Morgan fingerprint density at radius 3 is 2.64 bits per heavy atom. The SMILES string of the molecule is CCc1cc(NC(=O)C(C)(C)C)cc(-c2cnc3n[nH]c(-c4nc5c(-n6cnc(C)c6)cncc5[nH]4)c3c2)c1. The van der Waals surface area contributed by atoms with Crippen LogP contribution in [0.3, 0.4) is 0 Å². The number of hydrogen-bond donors (Lipinski definition) is 3. The van der Waals surface area contributed by atoms with Crippen molar-refractivity contribution in [1.29, 1.82) is 0 Å². The summed E-state index contributed by atoms with van der Waals surface area (Å²) in [6, 6.07) is 8.18. The molecule has 0 saturated heterocycles. The van der Waals surface area contributed by atoms with E-state index in [1.807, 2.05) is 50.6 Å². The molecule has 196 valence electrons. The van der Waals surface area contributed by atoms with E-state index in [-0.39, 0.29) is 5.91 Å². The molecule has 1 amide bonds. The van der Waals surface area contributed by atoms with Crippen molar-refractivity contribution in [2.24, 2.45) is 5.41 Å². The molecule has 1 aromatic carbocycles. The minimum Gasteiger partial charge on any atom is -0.335 e. The molecule has 0 saturated carbocycles. The van der Waals surface area contributed by atoms with Gasteiger partial charge in [-0.25, -0.2) is 15.0 Å². The van der Waals surface area contributed by atoms with Crippen LogP contribution in [0.5, 0.6) is 0 Å². The molecule has 0 fully saturated rings. The summed E-state index contributed by atoms with van der Waals surface area (Å²) in [7, 11) is 0. The van der Waals surface area contributed by atoms with E-state index in [1.54, 1.807) is 24.9 Å². The molecule has 5 aromatic heterocycles. The van der Waals surface area contributed by atoms with Crippen LogP contribution < -0.4 is 5.32 Å². The number of carbonyl (C=O) groups is 1. The van der Waals surface area contributed by atoms with Crippen molar-refractivity contribution in [2.45, 2.75) is 41.0 Å². The molecular formula is C29H29N9O. The van der Waals surface area contributed by atoms with Gasteiger partial charge in [-0.2, -0.15) is 5.10 Å². The molecule has 6 rings (SSSR count). The van der Waals surface area contributed by atoms with Crippen molar-refractivity contribution in [3.8, 4) is 28.3 Å². The van der Waals surface area contributed by atoms with Crippen LogP contribution in [-0.4, -0.2) is 45.6 Å². The van der Waals surface area contributed by atoms with Gasteiger partial charge in [0.15, 0.2) is 11.5 Å². The molecule has 0 atom stereocenters. The number of nitrogens with zero attached hydrogens (tertiary/aromatic N) is 6. The number of H-pyrrole nitrogens is 2. The second-order valence-corrected chi connectivity index (χ2v) is 10.7. The molecule has 5 heterocycles. The van der Waals surface area contributed by atoms with E-state index in [0.717, 1.165) is 62.3 Å². The number of aryl methyl sites for hydroxylation is 2. The van der Waals surface area contributed by atoms with Crippen LogP contribution >= 0.6 is 0 Å². The Bertz CT molecular complexity index is 1850. The number of amides is 1. The lowest BCUT2D eigenvalue weighted by Gasteiger charge is -2.18. The minimum atomic E-state index is -0.493. The number of aromatic amines is 2. The van der Waals surface area contributed by atoms with Crippen LogP contribution in [-0.2, 0) is 11.2 Å². The number of imidazole rings is 2. The van der Waals surface area contributed by atoms with Crippen LogP contribution in [0.4, 0.5) is 5.69 Å². The molecule has 0 aliphatic heterocycles. The van der Waals surface area contributed by atoms with E-state index in [9.17, 15) is 4.79 Å². The van der Waals surface area contributed by atoms with Crippen molar-refractivity contribution in [3.05, 3.63) is 66.6 Å². The number of benzene rings is 1. The van der Waals surface area contributed by atoms with Crippen molar-refractivity contribution in [1.82, 2.24) is 39.7 Å². The average molecular weight is 520 g/mol. The first kappa shape index (κ1) is 24.5. The van der Waals surface area contributed by atoms with Crippen LogP contribution in [0.2, 0.25) is 0 Å². The fraction of sp³-hybridized carbons (Fsp3) is 0.241. The number of anilines is 1. The lowest BCUT2D eigenvalue weighted by atomic mass is 9.95. The monoisotopic (exact) mass is 519 g/mol. The molecule has 3 N–H and O–H groups in total. The van der Waals surface area contributed by atoms with E-state index in [2.05, 4.69) is 54.5 Å². The smallest absolute Gasteiger partial charge is 0.229 e. The number of pyridine rings is 2.